The number of likely N-dealkylation sites (tertiary alicyclic amines) is 1. The lowest BCUT2D eigenvalue weighted by Crippen LogP contribution is -2.37. The van der Waals surface area contributed by atoms with Crippen LogP contribution in [-0.2, 0) is 0 Å². The molecular formula is C14H16N4O4. The Morgan fingerprint density at radius 2 is 1.82 bits per heavy atom. The molecule has 1 unspecified atom stereocenters. The van der Waals surface area contributed by atoms with E-state index in [4.69, 9.17) is 8.83 Å². The van der Waals surface area contributed by atoms with Crippen LogP contribution in [0.15, 0.2) is 34.1 Å². The molecule has 0 aliphatic carbocycles. The minimum atomic E-state index is -0.255. The predicted octanol–water partition coefficient (Wildman–Crippen LogP) is 1.09. The lowest BCUT2D eigenvalue weighted by atomic mass is 10.1. The number of hydrogen-bond donors (Lipinski definition) is 1. The van der Waals surface area contributed by atoms with Gasteiger partial charge in [0.15, 0.2) is 24.2 Å². The summed E-state index contributed by atoms with van der Waals surface area (Å²) in [6.07, 6.45) is 7.43. The molecule has 0 radical (unpaired) electrons. The smallest absolute Gasteiger partial charge is 0.275 e. The van der Waals surface area contributed by atoms with E-state index in [1.165, 1.54) is 25.3 Å². The van der Waals surface area contributed by atoms with Crippen LogP contribution < -0.4 is 5.32 Å². The van der Waals surface area contributed by atoms with E-state index in [-0.39, 0.29) is 23.6 Å². The van der Waals surface area contributed by atoms with Gasteiger partial charge in [-0.25, -0.2) is 9.97 Å². The summed E-state index contributed by atoms with van der Waals surface area (Å²) in [7, 11) is 0. The molecule has 1 saturated heterocycles. The highest BCUT2D eigenvalue weighted by atomic mass is 16.3. The molecular weight excluding hydrogens is 288 g/mol. The Kier molecular flexibility index (Phi) is 4.17. The minimum absolute atomic E-state index is 0.0132. The molecule has 3 rings (SSSR count). The minimum Gasteiger partial charge on any atom is -0.451 e. The van der Waals surface area contributed by atoms with Crippen molar-refractivity contribution >= 4 is 11.8 Å². The second-order valence-corrected chi connectivity index (χ2v) is 5.14. The standard InChI is InChI=1S/C14H16N4O4/c19-13(11-6-21-8-15-11)17-10-2-1-4-18(5-3-10)14(20)12-7-22-9-16-12/h6-10H,1-5H2,(H,17,19). The first-order valence-corrected chi connectivity index (χ1v) is 7.10. The first-order chi connectivity index (χ1) is 10.7. The first-order valence-electron chi connectivity index (χ1n) is 7.10. The van der Waals surface area contributed by atoms with Gasteiger partial charge in [0.05, 0.1) is 0 Å². The number of aromatic nitrogens is 2. The Labute approximate surface area is 126 Å². The third-order valence-corrected chi connectivity index (χ3v) is 3.67. The number of carbonyl (C=O) groups is 2. The molecule has 0 saturated carbocycles. The molecule has 1 atom stereocenters. The maximum absolute atomic E-state index is 12.2. The van der Waals surface area contributed by atoms with Gasteiger partial charge in [-0.2, -0.15) is 0 Å². The maximum Gasteiger partial charge on any atom is 0.275 e. The maximum atomic E-state index is 12.2. The Hall–Kier alpha value is -2.64. The van der Waals surface area contributed by atoms with E-state index in [0.29, 0.717) is 25.2 Å². The Balaban J connectivity index is 1.56. The summed E-state index contributed by atoms with van der Waals surface area (Å²) in [6.45, 7) is 1.21. The zero-order valence-electron chi connectivity index (χ0n) is 11.9. The molecule has 1 aliphatic rings. The van der Waals surface area contributed by atoms with Crippen LogP contribution in [0.2, 0.25) is 0 Å². The van der Waals surface area contributed by atoms with Crippen molar-refractivity contribution in [3.63, 3.8) is 0 Å². The van der Waals surface area contributed by atoms with Crippen LogP contribution in [0.1, 0.15) is 40.2 Å². The van der Waals surface area contributed by atoms with Crippen molar-refractivity contribution in [3.05, 3.63) is 36.7 Å². The molecule has 2 amide bonds. The van der Waals surface area contributed by atoms with Gasteiger partial charge in [0.2, 0.25) is 0 Å². The van der Waals surface area contributed by atoms with Gasteiger partial charge in [-0.15, -0.1) is 0 Å². The fourth-order valence-electron chi connectivity index (χ4n) is 2.51. The number of amides is 2. The largest absolute Gasteiger partial charge is 0.451 e. The normalized spacial score (nSPS) is 18.7. The number of hydrogen-bond acceptors (Lipinski definition) is 6. The highest BCUT2D eigenvalue weighted by Gasteiger charge is 2.24. The van der Waals surface area contributed by atoms with Crippen molar-refractivity contribution in [2.24, 2.45) is 0 Å². The topological polar surface area (TPSA) is 101 Å². The van der Waals surface area contributed by atoms with Gasteiger partial charge in [-0.05, 0) is 19.3 Å². The fraction of sp³-hybridized carbons (Fsp3) is 0.429. The summed E-state index contributed by atoms with van der Waals surface area (Å²) in [5, 5.41) is 2.92. The van der Waals surface area contributed by atoms with Gasteiger partial charge in [-0.1, -0.05) is 0 Å². The van der Waals surface area contributed by atoms with Crippen molar-refractivity contribution < 1.29 is 18.4 Å². The second-order valence-electron chi connectivity index (χ2n) is 5.14. The van der Waals surface area contributed by atoms with Crippen LogP contribution in [0.25, 0.3) is 0 Å². The Morgan fingerprint density at radius 1 is 1.09 bits per heavy atom. The molecule has 1 N–H and O–H groups in total. The monoisotopic (exact) mass is 304 g/mol. The highest BCUT2D eigenvalue weighted by Crippen LogP contribution is 2.14. The molecule has 0 spiro atoms. The molecule has 2 aromatic heterocycles. The summed E-state index contributed by atoms with van der Waals surface area (Å²) >= 11 is 0. The third-order valence-electron chi connectivity index (χ3n) is 3.67. The summed E-state index contributed by atoms with van der Waals surface area (Å²) in [6, 6.07) is 0.0132. The number of rotatable bonds is 3. The first kappa shape index (κ1) is 14.3. The predicted molar refractivity (Wildman–Crippen MR) is 74.0 cm³/mol. The number of nitrogens with zero attached hydrogens (tertiary/aromatic N) is 3. The van der Waals surface area contributed by atoms with Gasteiger partial charge in [-0.3, -0.25) is 9.59 Å². The molecule has 8 heteroatoms. The number of nitrogens with one attached hydrogen (secondary N) is 1. The van der Waals surface area contributed by atoms with Crippen LogP contribution in [0, 0.1) is 0 Å². The Morgan fingerprint density at radius 3 is 2.50 bits per heavy atom. The lowest BCUT2D eigenvalue weighted by molar-refractivity contribution is 0.0755. The van der Waals surface area contributed by atoms with Gasteiger partial charge in [0, 0.05) is 19.1 Å². The number of oxazole rings is 2. The zero-order valence-corrected chi connectivity index (χ0v) is 11.9. The van der Waals surface area contributed by atoms with Crippen LogP contribution in [-0.4, -0.2) is 45.8 Å². The van der Waals surface area contributed by atoms with Crippen LogP contribution in [0.3, 0.4) is 0 Å². The SMILES string of the molecule is O=C(NC1CCCN(C(=O)c2cocn2)CC1)c1cocn1. The van der Waals surface area contributed by atoms with Crippen LogP contribution >= 0.6 is 0 Å². The zero-order chi connectivity index (χ0) is 15.4. The summed E-state index contributed by atoms with van der Waals surface area (Å²) < 4.78 is 9.64. The van der Waals surface area contributed by atoms with Crippen molar-refractivity contribution in [2.45, 2.75) is 25.3 Å². The lowest BCUT2D eigenvalue weighted by Gasteiger charge is -2.19. The van der Waals surface area contributed by atoms with Crippen molar-refractivity contribution in [2.75, 3.05) is 13.1 Å². The molecule has 0 aromatic carbocycles. The van der Waals surface area contributed by atoms with E-state index in [9.17, 15) is 9.59 Å². The molecule has 1 aliphatic heterocycles. The van der Waals surface area contributed by atoms with Gasteiger partial charge in [0.1, 0.15) is 12.5 Å². The van der Waals surface area contributed by atoms with Crippen molar-refractivity contribution in [1.29, 1.82) is 0 Å². The van der Waals surface area contributed by atoms with Crippen molar-refractivity contribution in [1.82, 2.24) is 20.2 Å². The third kappa shape index (κ3) is 3.16. The second kappa shape index (κ2) is 6.42. The van der Waals surface area contributed by atoms with E-state index in [2.05, 4.69) is 15.3 Å². The van der Waals surface area contributed by atoms with Crippen LogP contribution in [0.5, 0.6) is 0 Å². The van der Waals surface area contributed by atoms with Gasteiger partial charge >= 0.3 is 0 Å². The van der Waals surface area contributed by atoms with Gasteiger partial charge in [0.25, 0.3) is 11.8 Å². The number of carbonyl (C=O) groups excluding carboxylic acids is 2. The van der Waals surface area contributed by atoms with E-state index in [1.54, 1.807) is 4.90 Å². The fourth-order valence-corrected chi connectivity index (χ4v) is 2.51. The van der Waals surface area contributed by atoms with E-state index in [0.717, 1.165) is 12.8 Å². The van der Waals surface area contributed by atoms with E-state index < -0.39 is 0 Å². The summed E-state index contributed by atoms with van der Waals surface area (Å²) in [5.41, 5.74) is 0.574. The van der Waals surface area contributed by atoms with E-state index in [1.807, 2.05) is 0 Å². The molecule has 1 fully saturated rings. The summed E-state index contributed by atoms with van der Waals surface area (Å²) in [4.78, 5) is 33.6. The van der Waals surface area contributed by atoms with Crippen molar-refractivity contribution in [3.8, 4) is 0 Å². The molecule has 8 nitrogen and oxygen atoms in total. The molecule has 3 heterocycles. The average molecular weight is 304 g/mol. The molecule has 116 valence electrons. The molecule has 2 aromatic rings. The van der Waals surface area contributed by atoms with Gasteiger partial charge < -0.3 is 19.1 Å². The average Bonchev–Trinajstić information content (AvgIpc) is 3.18. The quantitative estimate of drug-likeness (QED) is 0.910. The highest BCUT2D eigenvalue weighted by molar-refractivity contribution is 5.92. The molecule has 22 heavy (non-hydrogen) atoms. The Bertz CT molecular complexity index is 623. The molecule has 0 bridgehead atoms. The summed E-state index contributed by atoms with van der Waals surface area (Å²) in [5.74, 6) is -0.396. The van der Waals surface area contributed by atoms with Crippen LogP contribution in [0.4, 0.5) is 0 Å². The van der Waals surface area contributed by atoms with E-state index >= 15 is 0 Å².